The maximum atomic E-state index is 12.2. The van der Waals surface area contributed by atoms with E-state index in [2.05, 4.69) is 21.8 Å². The molecule has 2 rings (SSSR count). The van der Waals surface area contributed by atoms with Gasteiger partial charge in [0.25, 0.3) is 0 Å². The quantitative estimate of drug-likeness (QED) is 0.814. The van der Waals surface area contributed by atoms with Crippen LogP contribution in [0.2, 0.25) is 0 Å². The molecule has 1 atom stereocenters. The second-order valence-corrected chi connectivity index (χ2v) is 6.37. The molecule has 1 aromatic rings. The SMILES string of the molecule is CN1CCN(Cc2cncs2)CC(C(=O)N(C)C)C1. The maximum absolute atomic E-state index is 12.2. The van der Waals surface area contributed by atoms with Crippen LogP contribution in [0.4, 0.5) is 0 Å². The molecule has 1 fully saturated rings. The number of likely N-dealkylation sites (N-methyl/N-ethyl adjacent to an activating group) is 1. The van der Waals surface area contributed by atoms with Crippen LogP contribution in [0, 0.1) is 5.92 Å². The first-order chi connectivity index (χ1) is 9.06. The predicted molar refractivity (Wildman–Crippen MR) is 77.1 cm³/mol. The highest BCUT2D eigenvalue weighted by atomic mass is 32.1. The van der Waals surface area contributed by atoms with E-state index in [1.54, 1.807) is 16.2 Å². The molecule has 0 bridgehead atoms. The lowest BCUT2D eigenvalue weighted by Gasteiger charge is -2.25. The molecule has 0 aliphatic carbocycles. The third-order valence-corrected chi connectivity index (χ3v) is 4.23. The summed E-state index contributed by atoms with van der Waals surface area (Å²) < 4.78 is 0. The molecule has 0 aromatic carbocycles. The van der Waals surface area contributed by atoms with Crippen LogP contribution in [0.1, 0.15) is 4.88 Å². The van der Waals surface area contributed by atoms with Gasteiger partial charge in [-0.3, -0.25) is 14.7 Å². The Morgan fingerprint density at radius 1 is 1.47 bits per heavy atom. The zero-order chi connectivity index (χ0) is 13.8. The summed E-state index contributed by atoms with van der Waals surface area (Å²) in [7, 11) is 5.76. The highest BCUT2D eigenvalue weighted by Crippen LogP contribution is 2.15. The lowest BCUT2D eigenvalue weighted by atomic mass is 10.1. The number of hydrogen-bond donors (Lipinski definition) is 0. The highest BCUT2D eigenvalue weighted by molar-refractivity contribution is 7.09. The van der Waals surface area contributed by atoms with E-state index in [-0.39, 0.29) is 11.8 Å². The van der Waals surface area contributed by atoms with Gasteiger partial charge < -0.3 is 9.80 Å². The fraction of sp³-hybridized carbons (Fsp3) is 0.692. The third kappa shape index (κ3) is 3.99. The van der Waals surface area contributed by atoms with Gasteiger partial charge in [-0.05, 0) is 7.05 Å². The second kappa shape index (κ2) is 6.45. The molecule has 1 amide bonds. The van der Waals surface area contributed by atoms with Crippen LogP contribution in [0.3, 0.4) is 0 Å². The Balaban J connectivity index is 2.02. The van der Waals surface area contributed by atoms with Crippen molar-refractivity contribution in [2.24, 2.45) is 5.92 Å². The van der Waals surface area contributed by atoms with E-state index >= 15 is 0 Å². The van der Waals surface area contributed by atoms with Crippen molar-refractivity contribution in [1.29, 1.82) is 0 Å². The monoisotopic (exact) mass is 282 g/mol. The molecule has 0 N–H and O–H groups in total. The molecular weight excluding hydrogens is 260 g/mol. The Morgan fingerprint density at radius 2 is 2.26 bits per heavy atom. The van der Waals surface area contributed by atoms with Crippen LogP contribution < -0.4 is 0 Å². The molecule has 1 saturated heterocycles. The average molecular weight is 282 g/mol. The largest absolute Gasteiger partial charge is 0.348 e. The fourth-order valence-electron chi connectivity index (χ4n) is 2.45. The summed E-state index contributed by atoms with van der Waals surface area (Å²) in [6.07, 6.45) is 1.92. The van der Waals surface area contributed by atoms with Crippen molar-refractivity contribution < 1.29 is 4.79 Å². The Labute approximate surface area is 118 Å². The number of aromatic nitrogens is 1. The minimum atomic E-state index is 0.0652. The molecule has 0 saturated carbocycles. The Bertz CT molecular complexity index is 407. The molecule has 1 aromatic heterocycles. The van der Waals surface area contributed by atoms with E-state index in [4.69, 9.17) is 0 Å². The van der Waals surface area contributed by atoms with E-state index in [0.717, 1.165) is 32.7 Å². The Morgan fingerprint density at radius 3 is 2.89 bits per heavy atom. The van der Waals surface area contributed by atoms with E-state index in [9.17, 15) is 4.79 Å². The lowest BCUT2D eigenvalue weighted by molar-refractivity contribution is -0.133. The molecule has 5 nitrogen and oxygen atoms in total. The maximum Gasteiger partial charge on any atom is 0.227 e. The number of carbonyl (C=O) groups excluding carboxylic acids is 1. The number of carbonyl (C=O) groups is 1. The lowest BCUT2D eigenvalue weighted by Crippen LogP contribution is -2.39. The first-order valence-corrected chi connectivity index (χ1v) is 7.43. The molecule has 2 heterocycles. The zero-order valence-corrected chi connectivity index (χ0v) is 12.7. The van der Waals surface area contributed by atoms with Gasteiger partial charge in [0.15, 0.2) is 0 Å². The van der Waals surface area contributed by atoms with Crippen molar-refractivity contribution in [2.75, 3.05) is 47.3 Å². The van der Waals surface area contributed by atoms with Gasteiger partial charge in [-0.15, -0.1) is 11.3 Å². The number of thiazole rings is 1. The second-order valence-electron chi connectivity index (χ2n) is 5.39. The van der Waals surface area contributed by atoms with Crippen LogP contribution in [-0.2, 0) is 11.3 Å². The van der Waals surface area contributed by atoms with Gasteiger partial charge in [-0.1, -0.05) is 0 Å². The molecule has 6 heteroatoms. The van der Waals surface area contributed by atoms with Gasteiger partial charge in [0.2, 0.25) is 5.91 Å². The van der Waals surface area contributed by atoms with Gasteiger partial charge in [0, 0.05) is 57.9 Å². The van der Waals surface area contributed by atoms with Crippen LogP contribution in [0.25, 0.3) is 0 Å². The van der Waals surface area contributed by atoms with Crippen molar-refractivity contribution in [3.05, 3.63) is 16.6 Å². The van der Waals surface area contributed by atoms with Crippen LogP contribution in [0.5, 0.6) is 0 Å². The van der Waals surface area contributed by atoms with Gasteiger partial charge in [0.1, 0.15) is 0 Å². The summed E-state index contributed by atoms with van der Waals surface area (Å²) >= 11 is 1.68. The van der Waals surface area contributed by atoms with E-state index < -0.39 is 0 Å². The number of rotatable bonds is 3. The van der Waals surface area contributed by atoms with E-state index in [1.165, 1.54) is 4.88 Å². The van der Waals surface area contributed by atoms with Crippen molar-refractivity contribution in [3.63, 3.8) is 0 Å². The van der Waals surface area contributed by atoms with Gasteiger partial charge in [-0.25, -0.2) is 0 Å². The fourth-order valence-corrected chi connectivity index (χ4v) is 3.08. The minimum absolute atomic E-state index is 0.0652. The predicted octanol–water partition coefficient (Wildman–Crippen LogP) is 0.595. The first kappa shape index (κ1) is 14.4. The standard InChI is InChI=1S/C13H22N4OS/c1-15(2)13(18)11-7-16(3)4-5-17(8-11)9-12-6-14-10-19-12/h6,10-11H,4-5,7-9H2,1-3H3. The molecule has 0 spiro atoms. The van der Waals surface area contributed by atoms with Crippen molar-refractivity contribution in [1.82, 2.24) is 19.7 Å². The first-order valence-electron chi connectivity index (χ1n) is 6.55. The van der Waals surface area contributed by atoms with Crippen LogP contribution in [0.15, 0.2) is 11.7 Å². The summed E-state index contributed by atoms with van der Waals surface area (Å²) in [5.74, 6) is 0.290. The minimum Gasteiger partial charge on any atom is -0.348 e. The topological polar surface area (TPSA) is 39.7 Å². The summed E-state index contributed by atoms with van der Waals surface area (Å²) in [5.41, 5.74) is 1.86. The van der Waals surface area contributed by atoms with Gasteiger partial charge in [0.05, 0.1) is 11.4 Å². The number of amides is 1. The Kier molecular flexibility index (Phi) is 4.90. The van der Waals surface area contributed by atoms with Crippen molar-refractivity contribution >= 4 is 17.2 Å². The average Bonchev–Trinajstić information content (AvgIpc) is 2.79. The molecule has 19 heavy (non-hydrogen) atoms. The number of nitrogens with zero attached hydrogens (tertiary/aromatic N) is 4. The molecule has 1 unspecified atom stereocenters. The van der Waals surface area contributed by atoms with Crippen LogP contribution in [-0.4, -0.2) is 72.9 Å². The van der Waals surface area contributed by atoms with Gasteiger partial charge >= 0.3 is 0 Å². The summed E-state index contributed by atoms with van der Waals surface area (Å²) in [6.45, 7) is 4.59. The molecule has 106 valence electrons. The number of hydrogen-bond acceptors (Lipinski definition) is 5. The van der Waals surface area contributed by atoms with Crippen LogP contribution >= 0.6 is 11.3 Å². The smallest absolute Gasteiger partial charge is 0.227 e. The van der Waals surface area contributed by atoms with E-state index in [0.29, 0.717) is 0 Å². The highest BCUT2D eigenvalue weighted by Gasteiger charge is 2.27. The molecule has 0 radical (unpaired) electrons. The molecular formula is C13H22N4OS. The van der Waals surface area contributed by atoms with Crippen molar-refractivity contribution in [3.8, 4) is 0 Å². The summed E-state index contributed by atoms with van der Waals surface area (Å²) in [5, 5.41) is 0. The third-order valence-electron chi connectivity index (χ3n) is 3.46. The zero-order valence-electron chi connectivity index (χ0n) is 11.9. The summed E-state index contributed by atoms with van der Waals surface area (Å²) in [6, 6.07) is 0. The Hall–Kier alpha value is -0.980. The van der Waals surface area contributed by atoms with E-state index in [1.807, 2.05) is 25.8 Å². The normalized spacial score (nSPS) is 22.2. The molecule has 1 aliphatic rings. The van der Waals surface area contributed by atoms with Gasteiger partial charge in [-0.2, -0.15) is 0 Å². The van der Waals surface area contributed by atoms with Crippen molar-refractivity contribution in [2.45, 2.75) is 6.54 Å². The summed E-state index contributed by atoms with van der Waals surface area (Å²) in [4.78, 5) is 23.9. The molecule has 1 aliphatic heterocycles.